The van der Waals surface area contributed by atoms with Crippen LogP contribution in [0.2, 0.25) is 0 Å². The second-order valence-electron chi connectivity index (χ2n) is 2.02. The van der Waals surface area contributed by atoms with Crippen LogP contribution in [-0.2, 0) is 0 Å². The van der Waals surface area contributed by atoms with Gasteiger partial charge in [0.05, 0.1) is 6.67 Å². The summed E-state index contributed by atoms with van der Waals surface area (Å²) in [5, 5.41) is 0. The lowest BCUT2D eigenvalue weighted by Gasteiger charge is -2.03. The van der Waals surface area contributed by atoms with Crippen molar-refractivity contribution in [2.45, 2.75) is 6.92 Å². The molecule has 0 aromatic heterocycles. The predicted octanol–water partition coefficient (Wildman–Crippen LogP) is 2.56. The molecule has 0 bridgehead atoms. The lowest BCUT2D eigenvalue weighted by atomic mass is 10.3. The van der Waals surface area contributed by atoms with Crippen LogP contribution < -0.4 is 0 Å². The highest BCUT2D eigenvalue weighted by Crippen LogP contribution is 2.08. The van der Waals surface area contributed by atoms with Crippen LogP contribution in [0.1, 0.15) is 6.92 Å². The first-order chi connectivity index (χ1) is 4.31. The van der Waals surface area contributed by atoms with E-state index in [2.05, 4.69) is 6.92 Å². The summed E-state index contributed by atoms with van der Waals surface area (Å²) in [5.74, 6) is 2.79. The molecule has 0 spiro atoms. The molecule has 0 aliphatic rings. The average molecular weight is 171 g/mol. The van der Waals surface area contributed by atoms with Gasteiger partial charge in [-0.25, -0.2) is 0 Å². The summed E-state index contributed by atoms with van der Waals surface area (Å²) in [6, 6.07) is 0. The van der Waals surface area contributed by atoms with Crippen molar-refractivity contribution in [2.75, 3.05) is 24.1 Å². The largest absolute Gasteiger partial charge is 0.250 e. The second kappa shape index (κ2) is 6.69. The first-order valence-electron chi connectivity index (χ1n) is 3.01. The smallest absolute Gasteiger partial charge is 0.0984 e. The van der Waals surface area contributed by atoms with Crippen molar-refractivity contribution >= 4 is 23.4 Å². The van der Waals surface area contributed by atoms with Gasteiger partial charge in [-0.15, -0.1) is 11.6 Å². The summed E-state index contributed by atoms with van der Waals surface area (Å²) < 4.78 is 11.5. The van der Waals surface area contributed by atoms with E-state index in [1.807, 2.05) is 0 Å². The Morgan fingerprint density at radius 1 is 1.67 bits per heavy atom. The zero-order valence-electron chi connectivity index (χ0n) is 5.57. The summed E-state index contributed by atoms with van der Waals surface area (Å²) in [7, 11) is 0. The van der Waals surface area contributed by atoms with E-state index in [1.54, 1.807) is 11.8 Å². The zero-order valence-corrected chi connectivity index (χ0v) is 7.14. The highest BCUT2D eigenvalue weighted by atomic mass is 35.5. The van der Waals surface area contributed by atoms with Crippen LogP contribution in [0.5, 0.6) is 0 Å². The van der Waals surface area contributed by atoms with Crippen LogP contribution in [-0.4, -0.2) is 24.1 Å². The molecule has 9 heavy (non-hydrogen) atoms. The number of thioether (sulfide) groups is 1. The first kappa shape index (κ1) is 9.57. The summed E-state index contributed by atoms with van der Waals surface area (Å²) >= 11 is 7.15. The Morgan fingerprint density at radius 3 is 2.78 bits per heavy atom. The van der Waals surface area contributed by atoms with Crippen molar-refractivity contribution < 1.29 is 4.39 Å². The standard InChI is InChI=1S/C6H12ClFS/c1-6(4-7)5-9-3-2-8/h6H,2-5H2,1H3. The molecule has 0 saturated heterocycles. The van der Waals surface area contributed by atoms with E-state index in [9.17, 15) is 4.39 Å². The summed E-state index contributed by atoms with van der Waals surface area (Å²) in [6.07, 6.45) is 0. The second-order valence-corrected chi connectivity index (χ2v) is 3.48. The molecule has 0 N–H and O–H groups in total. The van der Waals surface area contributed by atoms with Crippen molar-refractivity contribution in [1.82, 2.24) is 0 Å². The lowest BCUT2D eigenvalue weighted by Crippen LogP contribution is -2.00. The fourth-order valence-corrected chi connectivity index (χ4v) is 1.42. The highest BCUT2D eigenvalue weighted by Gasteiger charge is 1.98. The van der Waals surface area contributed by atoms with E-state index < -0.39 is 0 Å². The quantitative estimate of drug-likeness (QED) is 0.452. The van der Waals surface area contributed by atoms with E-state index in [0.29, 0.717) is 17.6 Å². The van der Waals surface area contributed by atoms with E-state index >= 15 is 0 Å². The number of halogens is 2. The maximum Gasteiger partial charge on any atom is 0.0984 e. The van der Waals surface area contributed by atoms with Crippen LogP contribution in [0, 0.1) is 5.92 Å². The van der Waals surface area contributed by atoms with Gasteiger partial charge in [0.25, 0.3) is 0 Å². The van der Waals surface area contributed by atoms with Gasteiger partial charge >= 0.3 is 0 Å². The van der Waals surface area contributed by atoms with Gasteiger partial charge in [0.2, 0.25) is 0 Å². The number of hydrogen-bond donors (Lipinski definition) is 0. The normalized spacial score (nSPS) is 13.7. The third-order valence-corrected chi connectivity index (χ3v) is 2.66. The van der Waals surface area contributed by atoms with Crippen LogP contribution >= 0.6 is 23.4 Å². The molecule has 0 aromatic rings. The SMILES string of the molecule is CC(CCl)CSCCF. The molecular formula is C6H12ClFS. The van der Waals surface area contributed by atoms with E-state index in [-0.39, 0.29) is 6.67 Å². The molecule has 0 heterocycles. The molecule has 1 unspecified atom stereocenters. The molecule has 0 rings (SSSR count). The summed E-state index contributed by atoms with van der Waals surface area (Å²) in [4.78, 5) is 0. The Hall–Kier alpha value is 0.570. The lowest BCUT2D eigenvalue weighted by molar-refractivity contribution is 0.532. The van der Waals surface area contributed by atoms with Crippen molar-refractivity contribution in [3.63, 3.8) is 0 Å². The van der Waals surface area contributed by atoms with Crippen LogP contribution in [0.3, 0.4) is 0 Å². The molecule has 3 heteroatoms. The summed E-state index contributed by atoms with van der Waals surface area (Å²) in [5.41, 5.74) is 0. The van der Waals surface area contributed by atoms with Gasteiger partial charge < -0.3 is 0 Å². The monoisotopic (exact) mass is 170 g/mol. The topological polar surface area (TPSA) is 0 Å². The molecule has 0 radical (unpaired) electrons. The Kier molecular flexibility index (Phi) is 7.11. The van der Waals surface area contributed by atoms with Crippen LogP contribution in [0.25, 0.3) is 0 Å². The molecule has 0 amide bonds. The molecule has 56 valence electrons. The van der Waals surface area contributed by atoms with Gasteiger partial charge in [0, 0.05) is 11.6 Å². The van der Waals surface area contributed by atoms with Gasteiger partial charge in [-0.1, -0.05) is 6.92 Å². The zero-order chi connectivity index (χ0) is 7.11. The Morgan fingerprint density at radius 2 is 2.33 bits per heavy atom. The third-order valence-electron chi connectivity index (χ3n) is 0.887. The van der Waals surface area contributed by atoms with Crippen LogP contribution in [0.15, 0.2) is 0 Å². The van der Waals surface area contributed by atoms with Crippen molar-refractivity contribution in [2.24, 2.45) is 5.92 Å². The minimum atomic E-state index is -0.223. The first-order valence-corrected chi connectivity index (χ1v) is 4.69. The highest BCUT2D eigenvalue weighted by molar-refractivity contribution is 7.99. The van der Waals surface area contributed by atoms with Crippen molar-refractivity contribution in [1.29, 1.82) is 0 Å². The van der Waals surface area contributed by atoms with E-state index in [1.165, 1.54) is 0 Å². The molecule has 0 nitrogen and oxygen atoms in total. The maximum absolute atomic E-state index is 11.5. The predicted molar refractivity (Wildman–Crippen MR) is 43.2 cm³/mol. The minimum absolute atomic E-state index is 0.223. The fourth-order valence-electron chi connectivity index (χ4n) is 0.384. The van der Waals surface area contributed by atoms with E-state index in [0.717, 1.165) is 5.75 Å². The third kappa shape index (κ3) is 6.46. The Balaban J connectivity index is 2.88. The Labute approximate surface area is 65.2 Å². The molecule has 1 atom stereocenters. The van der Waals surface area contributed by atoms with Crippen molar-refractivity contribution in [3.05, 3.63) is 0 Å². The minimum Gasteiger partial charge on any atom is -0.250 e. The number of rotatable bonds is 5. The van der Waals surface area contributed by atoms with Crippen molar-refractivity contribution in [3.8, 4) is 0 Å². The van der Waals surface area contributed by atoms with Gasteiger partial charge in [-0.05, 0) is 11.7 Å². The number of alkyl halides is 2. The number of hydrogen-bond acceptors (Lipinski definition) is 1. The Bertz CT molecular complexity index is 61.0. The van der Waals surface area contributed by atoms with E-state index in [4.69, 9.17) is 11.6 Å². The van der Waals surface area contributed by atoms with Crippen LogP contribution in [0.4, 0.5) is 4.39 Å². The summed E-state index contributed by atoms with van der Waals surface area (Å²) in [6.45, 7) is 1.85. The average Bonchev–Trinajstić information content (AvgIpc) is 1.89. The van der Waals surface area contributed by atoms with Gasteiger partial charge in [0.1, 0.15) is 0 Å². The molecule has 0 aliphatic heterocycles. The molecule has 0 aliphatic carbocycles. The molecular weight excluding hydrogens is 159 g/mol. The van der Waals surface area contributed by atoms with Gasteiger partial charge in [-0.2, -0.15) is 11.8 Å². The molecule has 0 aromatic carbocycles. The molecule has 0 saturated carbocycles. The van der Waals surface area contributed by atoms with Gasteiger partial charge in [0.15, 0.2) is 0 Å². The fraction of sp³-hybridized carbons (Fsp3) is 1.00. The van der Waals surface area contributed by atoms with Gasteiger partial charge in [-0.3, -0.25) is 4.39 Å². The molecule has 0 fully saturated rings. The maximum atomic E-state index is 11.5.